The largest absolute Gasteiger partial charge is 0.506 e. The van der Waals surface area contributed by atoms with Gasteiger partial charge in [0.2, 0.25) is 0 Å². The first kappa shape index (κ1) is 14.1. The minimum Gasteiger partial charge on any atom is -0.450 e. The van der Waals surface area contributed by atoms with E-state index in [1.165, 1.54) is 5.57 Å². The van der Waals surface area contributed by atoms with Crippen LogP contribution in [0.3, 0.4) is 0 Å². The lowest BCUT2D eigenvalue weighted by atomic mass is 9.75. The molecule has 3 heteroatoms. The van der Waals surface area contributed by atoms with E-state index in [0.717, 1.165) is 19.3 Å². The van der Waals surface area contributed by atoms with Crippen LogP contribution in [0.5, 0.6) is 0 Å². The smallest absolute Gasteiger partial charge is 0.450 e. The molecule has 0 amide bonds. The summed E-state index contributed by atoms with van der Waals surface area (Å²) in [6, 6.07) is 0. The van der Waals surface area contributed by atoms with Crippen molar-refractivity contribution in [1.29, 1.82) is 0 Å². The summed E-state index contributed by atoms with van der Waals surface area (Å²) in [7, 11) is 0. The lowest BCUT2D eigenvalue weighted by Gasteiger charge is -2.32. The summed E-state index contributed by atoms with van der Waals surface area (Å²) in [5.74, 6) is 1.78. The van der Waals surface area contributed by atoms with E-state index >= 15 is 0 Å². The van der Waals surface area contributed by atoms with Crippen LogP contribution in [0.2, 0.25) is 0 Å². The summed E-state index contributed by atoms with van der Waals surface area (Å²) in [6.45, 7) is 8.64. The first-order chi connectivity index (χ1) is 7.93. The molecule has 98 valence electrons. The average Bonchev–Trinajstić information content (AvgIpc) is 2.24. The standard InChI is InChI=1S/C14H24O3/c1-5-13(17-14(15)16)8-12-7-10(3)9(2)6-11(12)4/h6,9-10,12-13H,5,7-8H2,1-4H3,(H,15,16). The van der Waals surface area contributed by atoms with Crippen molar-refractivity contribution in [1.82, 2.24) is 0 Å². The Bertz CT molecular complexity index is 296. The van der Waals surface area contributed by atoms with Crippen molar-refractivity contribution in [3.63, 3.8) is 0 Å². The van der Waals surface area contributed by atoms with Crippen LogP contribution in [-0.4, -0.2) is 17.4 Å². The second kappa shape index (κ2) is 6.08. The van der Waals surface area contributed by atoms with Gasteiger partial charge < -0.3 is 9.84 Å². The molecule has 0 spiro atoms. The fourth-order valence-corrected chi connectivity index (χ4v) is 2.60. The van der Waals surface area contributed by atoms with Crippen LogP contribution in [0, 0.1) is 17.8 Å². The molecule has 0 aromatic rings. The molecule has 0 saturated carbocycles. The van der Waals surface area contributed by atoms with E-state index in [0.29, 0.717) is 17.8 Å². The molecular formula is C14H24O3. The average molecular weight is 240 g/mol. The maximum Gasteiger partial charge on any atom is 0.506 e. The Labute approximate surface area is 104 Å². The maximum absolute atomic E-state index is 10.6. The van der Waals surface area contributed by atoms with Crippen LogP contribution in [0.1, 0.15) is 47.0 Å². The lowest BCUT2D eigenvalue weighted by molar-refractivity contribution is 0.0390. The molecule has 4 unspecified atom stereocenters. The van der Waals surface area contributed by atoms with Crippen LogP contribution >= 0.6 is 0 Å². The first-order valence-corrected chi connectivity index (χ1v) is 6.51. The molecule has 0 aliphatic heterocycles. The van der Waals surface area contributed by atoms with Crippen molar-refractivity contribution in [2.75, 3.05) is 0 Å². The first-order valence-electron chi connectivity index (χ1n) is 6.51. The zero-order valence-electron chi connectivity index (χ0n) is 11.3. The molecule has 1 aliphatic rings. The highest BCUT2D eigenvalue weighted by Gasteiger charge is 2.27. The molecule has 0 bridgehead atoms. The molecule has 0 saturated heterocycles. The summed E-state index contributed by atoms with van der Waals surface area (Å²) in [6.07, 6.45) is 3.72. The fourth-order valence-electron chi connectivity index (χ4n) is 2.60. The number of hydrogen-bond acceptors (Lipinski definition) is 2. The molecular weight excluding hydrogens is 216 g/mol. The van der Waals surface area contributed by atoms with E-state index in [1.54, 1.807) is 0 Å². The predicted octanol–water partition coefficient (Wildman–Crippen LogP) is 4.09. The monoisotopic (exact) mass is 240 g/mol. The second-order valence-corrected chi connectivity index (χ2v) is 5.33. The number of ether oxygens (including phenoxy) is 1. The van der Waals surface area contributed by atoms with E-state index in [4.69, 9.17) is 9.84 Å². The third-order valence-corrected chi connectivity index (χ3v) is 3.99. The molecule has 0 aromatic carbocycles. The second-order valence-electron chi connectivity index (χ2n) is 5.33. The molecule has 0 aromatic heterocycles. The topological polar surface area (TPSA) is 46.5 Å². The number of allylic oxidation sites excluding steroid dienone is 2. The van der Waals surface area contributed by atoms with Crippen LogP contribution in [0.15, 0.2) is 11.6 Å². The third-order valence-electron chi connectivity index (χ3n) is 3.99. The molecule has 4 atom stereocenters. The van der Waals surface area contributed by atoms with Gasteiger partial charge in [0, 0.05) is 0 Å². The van der Waals surface area contributed by atoms with Gasteiger partial charge in [0.15, 0.2) is 0 Å². The minimum absolute atomic E-state index is 0.165. The number of carbonyl (C=O) groups is 1. The fraction of sp³-hybridized carbons (Fsp3) is 0.786. The summed E-state index contributed by atoms with van der Waals surface area (Å²) in [4.78, 5) is 10.6. The Morgan fingerprint density at radius 1 is 1.59 bits per heavy atom. The third kappa shape index (κ3) is 4.06. The maximum atomic E-state index is 10.6. The highest BCUT2D eigenvalue weighted by atomic mass is 16.7. The summed E-state index contributed by atoms with van der Waals surface area (Å²) >= 11 is 0. The summed E-state index contributed by atoms with van der Waals surface area (Å²) in [5.41, 5.74) is 1.39. The van der Waals surface area contributed by atoms with Crippen molar-refractivity contribution in [3.8, 4) is 0 Å². The van der Waals surface area contributed by atoms with E-state index in [1.807, 2.05) is 6.92 Å². The van der Waals surface area contributed by atoms with Gasteiger partial charge in [0.25, 0.3) is 0 Å². The van der Waals surface area contributed by atoms with Gasteiger partial charge in [-0.05, 0) is 43.9 Å². The Balaban J connectivity index is 2.61. The Morgan fingerprint density at radius 2 is 2.24 bits per heavy atom. The zero-order valence-corrected chi connectivity index (χ0v) is 11.3. The summed E-state index contributed by atoms with van der Waals surface area (Å²) in [5, 5.41) is 8.67. The molecule has 17 heavy (non-hydrogen) atoms. The van der Waals surface area contributed by atoms with Gasteiger partial charge in [0.05, 0.1) is 0 Å². The van der Waals surface area contributed by atoms with Gasteiger partial charge in [-0.25, -0.2) is 4.79 Å². The van der Waals surface area contributed by atoms with Gasteiger partial charge in [-0.1, -0.05) is 32.4 Å². The Kier molecular flexibility index (Phi) is 5.03. The molecule has 1 aliphatic carbocycles. The highest BCUT2D eigenvalue weighted by molar-refractivity contribution is 5.57. The van der Waals surface area contributed by atoms with Crippen LogP contribution < -0.4 is 0 Å². The van der Waals surface area contributed by atoms with Crippen molar-refractivity contribution >= 4 is 6.16 Å². The lowest BCUT2D eigenvalue weighted by Crippen LogP contribution is -2.25. The van der Waals surface area contributed by atoms with E-state index in [9.17, 15) is 4.79 Å². The summed E-state index contributed by atoms with van der Waals surface area (Å²) < 4.78 is 4.90. The van der Waals surface area contributed by atoms with Crippen molar-refractivity contribution in [2.24, 2.45) is 17.8 Å². The molecule has 3 nitrogen and oxygen atoms in total. The van der Waals surface area contributed by atoms with Gasteiger partial charge in [-0.3, -0.25) is 0 Å². The van der Waals surface area contributed by atoms with Gasteiger partial charge >= 0.3 is 6.16 Å². The Morgan fingerprint density at radius 3 is 2.76 bits per heavy atom. The van der Waals surface area contributed by atoms with Crippen molar-refractivity contribution in [3.05, 3.63) is 11.6 Å². The zero-order chi connectivity index (χ0) is 13.0. The van der Waals surface area contributed by atoms with Crippen LogP contribution in [0.4, 0.5) is 4.79 Å². The highest BCUT2D eigenvalue weighted by Crippen LogP contribution is 2.35. The van der Waals surface area contributed by atoms with Crippen LogP contribution in [-0.2, 0) is 4.74 Å². The van der Waals surface area contributed by atoms with Gasteiger partial charge in [-0.15, -0.1) is 0 Å². The van der Waals surface area contributed by atoms with E-state index < -0.39 is 6.16 Å². The SMILES string of the molecule is CCC(CC1CC(C)C(C)C=C1C)OC(=O)O. The number of hydrogen-bond donors (Lipinski definition) is 1. The molecule has 0 heterocycles. The minimum atomic E-state index is -1.16. The molecule has 1 rings (SSSR count). The van der Waals surface area contributed by atoms with Crippen LogP contribution in [0.25, 0.3) is 0 Å². The van der Waals surface area contributed by atoms with E-state index in [2.05, 4.69) is 26.8 Å². The predicted molar refractivity (Wildman–Crippen MR) is 68.0 cm³/mol. The molecule has 0 fully saturated rings. The van der Waals surface area contributed by atoms with Gasteiger partial charge in [-0.2, -0.15) is 0 Å². The number of rotatable bonds is 4. The number of carboxylic acid groups (broad SMARTS) is 1. The normalized spacial score (nSPS) is 30.6. The van der Waals surface area contributed by atoms with E-state index in [-0.39, 0.29) is 6.10 Å². The molecule has 1 N–H and O–H groups in total. The quantitative estimate of drug-likeness (QED) is 0.594. The van der Waals surface area contributed by atoms with Gasteiger partial charge in [0.1, 0.15) is 6.10 Å². The Hall–Kier alpha value is -0.990. The van der Waals surface area contributed by atoms with Crippen molar-refractivity contribution < 1.29 is 14.6 Å². The van der Waals surface area contributed by atoms with Crippen molar-refractivity contribution in [2.45, 2.75) is 53.1 Å². The molecule has 0 radical (unpaired) electrons.